The summed E-state index contributed by atoms with van der Waals surface area (Å²) in [7, 11) is -4.04. The Bertz CT molecular complexity index is 603. The fourth-order valence-electron chi connectivity index (χ4n) is 1.24. The number of alkyl halides is 3. The molecule has 0 aromatic heterocycles. The van der Waals surface area contributed by atoms with Gasteiger partial charge in [-0.3, -0.25) is 0 Å². The van der Waals surface area contributed by atoms with Crippen LogP contribution in [-0.4, -0.2) is 13.7 Å². The number of hydrogen-bond donors (Lipinski definition) is 1. The Balaban J connectivity index is 3.37. The Morgan fingerprint density at radius 1 is 1.39 bits per heavy atom. The lowest BCUT2D eigenvalue weighted by Crippen LogP contribution is -2.18. The molecule has 0 aliphatic carbocycles. The SMILES string of the molecule is CC(C#N)S(=O)(=O)c1ccc(C(F)(F)F)cc1N. The molecule has 1 atom stereocenters. The van der Waals surface area contributed by atoms with Crippen molar-refractivity contribution in [2.45, 2.75) is 23.2 Å². The summed E-state index contributed by atoms with van der Waals surface area (Å²) in [5.74, 6) is 0. The van der Waals surface area contributed by atoms with Crippen LogP contribution in [0, 0.1) is 11.3 Å². The number of nitrogens with two attached hydrogens (primary N) is 1. The average Bonchev–Trinajstić information content (AvgIpc) is 2.26. The highest BCUT2D eigenvalue weighted by Gasteiger charge is 2.33. The van der Waals surface area contributed by atoms with Gasteiger partial charge >= 0.3 is 6.18 Å². The van der Waals surface area contributed by atoms with Crippen LogP contribution in [0.25, 0.3) is 0 Å². The quantitative estimate of drug-likeness (QED) is 0.838. The molecule has 1 unspecified atom stereocenters. The van der Waals surface area contributed by atoms with E-state index >= 15 is 0 Å². The van der Waals surface area contributed by atoms with E-state index in [9.17, 15) is 21.6 Å². The maximum Gasteiger partial charge on any atom is 0.416 e. The summed E-state index contributed by atoms with van der Waals surface area (Å²) in [5, 5.41) is 7.18. The van der Waals surface area contributed by atoms with Gasteiger partial charge in [0.05, 0.1) is 22.2 Å². The van der Waals surface area contributed by atoms with E-state index in [2.05, 4.69) is 0 Å². The van der Waals surface area contributed by atoms with Gasteiger partial charge in [-0.1, -0.05) is 0 Å². The van der Waals surface area contributed by atoms with Gasteiger partial charge in [-0.2, -0.15) is 18.4 Å². The second-order valence-corrected chi connectivity index (χ2v) is 5.80. The summed E-state index contributed by atoms with van der Waals surface area (Å²) < 4.78 is 60.6. The summed E-state index contributed by atoms with van der Waals surface area (Å²) in [6.07, 6.45) is -4.60. The molecular formula is C10H9F3N2O2S. The summed E-state index contributed by atoms with van der Waals surface area (Å²) in [6.45, 7) is 1.13. The lowest BCUT2D eigenvalue weighted by atomic mass is 10.2. The van der Waals surface area contributed by atoms with Crippen molar-refractivity contribution in [1.29, 1.82) is 5.26 Å². The summed E-state index contributed by atoms with van der Waals surface area (Å²) in [6, 6.07) is 3.43. The van der Waals surface area contributed by atoms with Crippen molar-refractivity contribution in [3.8, 4) is 6.07 Å². The zero-order valence-corrected chi connectivity index (χ0v) is 10.0. The molecular weight excluding hydrogens is 269 g/mol. The van der Waals surface area contributed by atoms with Crippen molar-refractivity contribution in [2.24, 2.45) is 0 Å². The van der Waals surface area contributed by atoms with Crippen molar-refractivity contribution in [3.05, 3.63) is 23.8 Å². The molecule has 1 aromatic carbocycles. The number of halogens is 3. The molecule has 18 heavy (non-hydrogen) atoms. The van der Waals surface area contributed by atoms with E-state index in [4.69, 9.17) is 11.0 Å². The largest absolute Gasteiger partial charge is 0.416 e. The van der Waals surface area contributed by atoms with Gasteiger partial charge in [0, 0.05) is 0 Å². The molecule has 1 aromatic rings. The Morgan fingerprint density at radius 2 is 1.94 bits per heavy atom. The van der Waals surface area contributed by atoms with Crippen LogP contribution < -0.4 is 5.73 Å². The number of hydrogen-bond acceptors (Lipinski definition) is 4. The van der Waals surface area contributed by atoms with Crippen molar-refractivity contribution >= 4 is 15.5 Å². The molecule has 8 heteroatoms. The molecule has 0 saturated carbocycles. The number of anilines is 1. The Hall–Kier alpha value is -1.75. The Kier molecular flexibility index (Phi) is 3.57. The maximum absolute atomic E-state index is 12.4. The van der Waals surface area contributed by atoms with Crippen LogP contribution >= 0.6 is 0 Å². The van der Waals surface area contributed by atoms with Crippen molar-refractivity contribution in [3.63, 3.8) is 0 Å². The zero-order valence-electron chi connectivity index (χ0n) is 9.19. The first-order valence-corrected chi connectivity index (χ1v) is 6.25. The highest BCUT2D eigenvalue weighted by molar-refractivity contribution is 7.92. The Labute approximate surface area is 102 Å². The van der Waals surface area contributed by atoms with E-state index < -0.39 is 37.4 Å². The molecule has 98 valence electrons. The fraction of sp³-hybridized carbons (Fsp3) is 0.300. The number of nitrogens with zero attached hydrogens (tertiary/aromatic N) is 1. The van der Waals surface area contributed by atoms with Crippen molar-refractivity contribution in [2.75, 3.05) is 5.73 Å². The number of nitriles is 1. The number of benzene rings is 1. The first kappa shape index (κ1) is 14.3. The highest BCUT2D eigenvalue weighted by atomic mass is 32.2. The molecule has 0 fully saturated rings. The second-order valence-electron chi connectivity index (χ2n) is 3.57. The predicted octanol–water partition coefficient (Wildman–Crippen LogP) is 1.97. The van der Waals surface area contributed by atoms with Gasteiger partial charge in [-0.05, 0) is 25.1 Å². The molecule has 1 rings (SSSR count). The first-order chi connectivity index (χ1) is 8.10. The molecule has 0 saturated heterocycles. The normalized spacial score (nSPS) is 13.9. The van der Waals surface area contributed by atoms with Crippen molar-refractivity contribution in [1.82, 2.24) is 0 Å². The number of sulfone groups is 1. The summed E-state index contributed by atoms with van der Waals surface area (Å²) >= 11 is 0. The minimum absolute atomic E-state index is 0.468. The minimum Gasteiger partial charge on any atom is -0.398 e. The zero-order chi connectivity index (χ0) is 14.1. The molecule has 0 aliphatic rings. The van der Waals surface area contributed by atoms with E-state index in [0.29, 0.717) is 12.1 Å². The van der Waals surface area contributed by atoms with Crippen LogP contribution in [0.2, 0.25) is 0 Å². The fourth-order valence-corrected chi connectivity index (χ4v) is 2.41. The lowest BCUT2D eigenvalue weighted by molar-refractivity contribution is -0.137. The van der Waals surface area contributed by atoms with Gasteiger partial charge in [-0.15, -0.1) is 0 Å². The third kappa shape index (κ3) is 2.56. The third-order valence-corrected chi connectivity index (χ3v) is 4.31. The monoisotopic (exact) mass is 278 g/mol. The molecule has 0 radical (unpaired) electrons. The van der Waals surface area contributed by atoms with Gasteiger partial charge < -0.3 is 5.73 Å². The van der Waals surface area contributed by atoms with Crippen LogP contribution in [0.3, 0.4) is 0 Å². The summed E-state index contributed by atoms with van der Waals surface area (Å²) in [5.41, 5.74) is 3.75. The van der Waals surface area contributed by atoms with Crippen molar-refractivity contribution < 1.29 is 21.6 Å². The summed E-state index contributed by atoms with van der Waals surface area (Å²) in [4.78, 5) is -0.468. The standard InChI is InChI=1S/C10H9F3N2O2S/c1-6(5-14)18(16,17)9-3-2-7(4-8(9)15)10(11,12)13/h2-4,6H,15H2,1H3. The highest BCUT2D eigenvalue weighted by Crippen LogP contribution is 2.33. The minimum atomic E-state index is -4.60. The van der Waals surface area contributed by atoms with E-state index in [0.717, 1.165) is 13.0 Å². The van der Waals surface area contributed by atoms with Gasteiger partial charge in [-0.25, -0.2) is 8.42 Å². The molecule has 0 aliphatic heterocycles. The predicted molar refractivity (Wildman–Crippen MR) is 58.1 cm³/mol. The van der Waals surface area contributed by atoms with Crippen LogP contribution in [0.1, 0.15) is 12.5 Å². The van der Waals surface area contributed by atoms with E-state index in [1.165, 1.54) is 6.07 Å². The first-order valence-electron chi connectivity index (χ1n) is 4.71. The molecule has 0 spiro atoms. The van der Waals surface area contributed by atoms with Gasteiger partial charge in [0.25, 0.3) is 0 Å². The van der Waals surface area contributed by atoms with Crippen LogP contribution in [0.4, 0.5) is 18.9 Å². The lowest BCUT2D eigenvalue weighted by Gasteiger charge is -2.12. The number of rotatable bonds is 2. The molecule has 0 bridgehead atoms. The molecule has 4 nitrogen and oxygen atoms in total. The van der Waals surface area contributed by atoms with E-state index in [-0.39, 0.29) is 0 Å². The van der Waals surface area contributed by atoms with Gasteiger partial charge in [0.2, 0.25) is 0 Å². The smallest absolute Gasteiger partial charge is 0.398 e. The van der Waals surface area contributed by atoms with Crippen LogP contribution in [0.15, 0.2) is 23.1 Å². The van der Waals surface area contributed by atoms with Gasteiger partial charge in [0.15, 0.2) is 9.84 Å². The average molecular weight is 278 g/mol. The molecule has 2 N–H and O–H groups in total. The van der Waals surface area contributed by atoms with Gasteiger partial charge in [0.1, 0.15) is 5.25 Å². The van der Waals surface area contributed by atoms with Crippen LogP contribution in [-0.2, 0) is 16.0 Å². The topological polar surface area (TPSA) is 84.0 Å². The third-order valence-electron chi connectivity index (χ3n) is 2.29. The molecule has 0 heterocycles. The second kappa shape index (κ2) is 4.49. The Morgan fingerprint density at radius 3 is 2.33 bits per heavy atom. The number of nitrogen functional groups attached to an aromatic ring is 1. The van der Waals surface area contributed by atoms with Crippen LogP contribution in [0.5, 0.6) is 0 Å². The maximum atomic E-state index is 12.4. The molecule has 0 amide bonds. The van der Waals surface area contributed by atoms with E-state index in [1.807, 2.05) is 0 Å². The van der Waals surface area contributed by atoms with E-state index in [1.54, 1.807) is 0 Å².